The highest BCUT2D eigenvalue weighted by Crippen LogP contribution is 2.24. The molecule has 0 radical (unpaired) electrons. The Morgan fingerprint density at radius 1 is 1.14 bits per heavy atom. The summed E-state index contributed by atoms with van der Waals surface area (Å²) in [4.78, 5) is 15.2. The number of hydrogen-bond acceptors (Lipinski definition) is 4. The minimum atomic E-state index is -0.290. The van der Waals surface area contributed by atoms with Gasteiger partial charge >= 0.3 is 0 Å². The normalized spacial score (nSPS) is 15.1. The average molecular weight is 376 g/mol. The molecule has 1 aliphatic heterocycles. The van der Waals surface area contributed by atoms with Crippen LogP contribution >= 0.6 is 0 Å². The Hall–Kier alpha value is -3.08. The maximum Gasteiger partial charge on any atom is 0.300 e. The molecule has 0 unspecified atom stereocenters. The second-order valence-electron chi connectivity index (χ2n) is 7.08. The van der Waals surface area contributed by atoms with Crippen LogP contribution in [-0.4, -0.2) is 22.3 Å². The minimum absolute atomic E-state index is 0.149. The van der Waals surface area contributed by atoms with Gasteiger partial charge < -0.3 is 9.47 Å². The van der Waals surface area contributed by atoms with Crippen LogP contribution in [0.1, 0.15) is 25.3 Å². The number of aromatic nitrogens is 2. The molecule has 0 aliphatic carbocycles. The van der Waals surface area contributed by atoms with E-state index in [4.69, 9.17) is 9.47 Å². The number of rotatable bonds is 7. The van der Waals surface area contributed by atoms with Gasteiger partial charge in [0, 0.05) is 12.3 Å². The highest BCUT2D eigenvalue weighted by atomic mass is 16.6. The summed E-state index contributed by atoms with van der Waals surface area (Å²) in [6, 6.07) is 18.7. The molecule has 0 N–H and O–H groups in total. The lowest BCUT2D eigenvalue weighted by Crippen LogP contribution is -2.23. The molecule has 2 aromatic carbocycles. The third-order valence-corrected chi connectivity index (χ3v) is 4.89. The standard InChI is InChI=1S/C23H24N2O3/c1-2-3-5-17-6-4-7-19(14-17)18-8-10-20(11-9-18)27-16-21-15-25-13-12-22(26)24-23(25)28-21/h4,6-14,21H,2-3,5,15-16H2,1H3/t21-/m0/s1. The van der Waals surface area contributed by atoms with Gasteiger partial charge in [0.25, 0.3) is 11.6 Å². The fraction of sp³-hybridized carbons (Fsp3) is 0.304. The summed E-state index contributed by atoms with van der Waals surface area (Å²) < 4.78 is 13.4. The monoisotopic (exact) mass is 376 g/mol. The number of nitrogens with zero attached hydrogens (tertiary/aromatic N) is 2. The molecule has 1 aliphatic rings. The van der Waals surface area contributed by atoms with E-state index in [1.807, 2.05) is 16.7 Å². The smallest absolute Gasteiger partial charge is 0.300 e. The maximum atomic E-state index is 11.3. The summed E-state index contributed by atoms with van der Waals surface area (Å²) in [5.41, 5.74) is 3.50. The van der Waals surface area contributed by atoms with E-state index in [9.17, 15) is 4.79 Å². The van der Waals surface area contributed by atoms with E-state index in [0.29, 0.717) is 19.2 Å². The molecule has 2 heterocycles. The number of unbranched alkanes of at least 4 members (excludes halogenated alkanes) is 1. The van der Waals surface area contributed by atoms with E-state index in [1.165, 1.54) is 35.6 Å². The van der Waals surface area contributed by atoms with Crippen molar-refractivity contribution >= 4 is 0 Å². The quantitative estimate of drug-likeness (QED) is 0.623. The number of aryl methyl sites for hydroxylation is 1. The van der Waals surface area contributed by atoms with Crippen LogP contribution in [0, 0.1) is 0 Å². The summed E-state index contributed by atoms with van der Waals surface area (Å²) in [5.74, 6) is 0.799. The summed E-state index contributed by atoms with van der Waals surface area (Å²) in [7, 11) is 0. The van der Waals surface area contributed by atoms with Crippen molar-refractivity contribution in [2.45, 2.75) is 38.8 Å². The summed E-state index contributed by atoms with van der Waals surface area (Å²) in [6.07, 6.45) is 5.10. The highest BCUT2D eigenvalue weighted by molar-refractivity contribution is 5.64. The van der Waals surface area contributed by atoms with Gasteiger partial charge in [-0.1, -0.05) is 49.7 Å². The first-order chi connectivity index (χ1) is 13.7. The third kappa shape index (κ3) is 4.25. The Labute approximate surface area is 164 Å². The van der Waals surface area contributed by atoms with Crippen LogP contribution < -0.4 is 15.0 Å². The molecule has 28 heavy (non-hydrogen) atoms. The topological polar surface area (TPSA) is 53.4 Å². The molecule has 0 amide bonds. The van der Waals surface area contributed by atoms with Crippen LogP contribution in [0.25, 0.3) is 11.1 Å². The molecule has 0 saturated heterocycles. The molecule has 0 spiro atoms. The van der Waals surface area contributed by atoms with Crippen molar-refractivity contribution in [3.05, 3.63) is 76.7 Å². The van der Waals surface area contributed by atoms with Gasteiger partial charge in [-0.05, 0) is 41.7 Å². The van der Waals surface area contributed by atoms with Crippen LogP contribution in [0.4, 0.5) is 0 Å². The Kier molecular flexibility index (Phi) is 5.42. The van der Waals surface area contributed by atoms with Crippen molar-refractivity contribution in [1.29, 1.82) is 0 Å². The summed E-state index contributed by atoms with van der Waals surface area (Å²) >= 11 is 0. The predicted octanol–water partition coefficient (Wildman–Crippen LogP) is 4.09. The van der Waals surface area contributed by atoms with Gasteiger partial charge in [0.1, 0.15) is 12.4 Å². The van der Waals surface area contributed by atoms with Crippen molar-refractivity contribution in [3.63, 3.8) is 0 Å². The van der Waals surface area contributed by atoms with E-state index >= 15 is 0 Å². The molecule has 3 aromatic rings. The van der Waals surface area contributed by atoms with Crippen molar-refractivity contribution in [2.75, 3.05) is 6.61 Å². The molecule has 0 saturated carbocycles. The first-order valence-electron chi connectivity index (χ1n) is 9.77. The van der Waals surface area contributed by atoms with E-state index < -0.39 is 0 Å². The predicted molar refractivity (Wildman–Crippen MR) is 109 cm³/mol. The first kappa shape index (κ1) is 18.3. The Bertz CT molecular complexity index is 995. The van der Waals surface area contributed by atoms with Crippen molar-refractivity contribution < 1.29 is 9.47 Å². The fourth-order valence-electron chi connectivity index (χ4n) is 3.36. The van der Waals surface area contributed by atoms with Gasteiger partial charge in [0.05, 0.1) is 6.54 Å². The number of ether oxygens (including phenoxy) is 2. The van der Waals surface area contributed by atoms with Gasteiger partial charge in [-0.15, -0.1) is 0 Å². The van der Waals surface area contributed by atoms with Gasteiger partial charge in [-0.2, -0.15) is 4.98 Å². The average Bonchev–Trinajstić information content (AvgIpc) is 3.13. The van der Waals surface area contributed by atoms with Gasteiger partial charge in [-0.3, -0.25) is 9.36 Å². The van der Waals surface area contributed by atoms with E-state index in [-0.39, 0.29) is 11.7 Å². The SMILES string of the molecule is CCCCc1cccc(-c2ccc(OC[C@@H]3Cn4ccc(=O)nc4O3)cc2)c1. The van der Waals surface area contributed by atoms with Crippen molar-refractivity contribution in [2.24, 2.45) is 0 Å². The summed E-state index contributed by atoms with van der Waals surface area (Å²) in [5, 5.41) is 0. The molecule has 5 heteroatoms. The third-order valence-electron chi connectivity index (χ3n) is 4.89. The van der Waals surface area contributed by atoms with Crippen LogP contribution in [-0.2, 0) is 13.0 Å². The Morgan fingerprint density at radius 3 is 2.82 bits per heavy atom. The Balaban J connectivity index is 1.36. The van der Waals surface area contributed by atoms with Gasteiger partial charge in [0.15, 0.2) is 6.10 Å². The minimum Gasteiger partial charge on any atom is -0.490 e. The second kappa shape index (κ2) is 8.30. The molecule has 0 bridgehead atoms. The molecule has 1 atom stereocenters. The maximum absolute atomic E-state index is 11.3. The molecule has 5 nitrogen and oxygen atoms in total. The molecule has 0 fully saturated rings. The lowest BCUT2D eigenvalue weighted by molar-refractivity contribution is 0.143. The van der Waals surface area contributed by atoms with E-state index in [1.54, 1.807) is 6.20 Å². The zero-order valence-corrected chi connectivity index (χ0v) is 16.0. The van der Waals surface area contributed by atoms with Crippen molar-refractivity contribution in [1.82, 2.24) is 9.55 Å². The van der Waals surface area contributed by atoms with Gasteiger partial charge in [0.2, 0.25) is 0 Å². The zero-order valence-electron chi connectivity index (χ0n) is 16.0. The molecule has 1 aromatic heterocycles. The van der Waals surface area contributed by atoms with Crippen LogP contribution in [0.3, 0.4) is 0 Å². The lowest BCUT2D eigenvalue weighted by Gasteiger charge is -2.12. The van der Waals surface area contributed by atoms with Crippen LogP contribution in [0.2, 0.25) is 0 Å². The largest absolute Gasteiger partial charge is 0.490 e. The zero-order chi connectivity index (χ0) is 19.3. The molecular weight excluding hydrogens is 352 g/mol. The van der Waals surface area contributed by atoms with E-state index in [2.05, 4.69) is 48.3 Å². The molecular formula is C23H24N2O3. The van der Waals surface area contributed by atoms with Crippen LogP contribution in [0.5, 0.6) is 11.8 Å². The van der Waals surface area contributed by atoms with Crippen molar-refractivity contribution in [3.8, 4) is 22.9 Å². The fourth-order valence-corrected chi connectivity index (χ4v) is 3.36. The molecule has 144 valence electrons. The van der Waals surface area contributed by atoms with E-state index in [0.717, 1.165) is 12.2 Å². The lowest BCUT2D eigenvalue weighted by atomic mass is 10.0. The number of fused-ring (bicyclic) bond motifs is 1. The summed E-state index contributed by atoms with van der Waals surface area (Å²) in [6.45, 7) is 3.25. The number of benzene rings is 2. The Morgan fingerprint density at radius 2 is 2.00 bits per heavy atom. The first-order valence-corrected chi connectivity index (χ1v) is 9.77. The van der Waals surface area contributed by atoms with Gasteiger partial charge in [-0.25, -0.2) is 0 Å². The highest BCUT2D eigenvalue weighted by Gasteiger charge is 2.23. The second-order valence-corrected chi connectivity index (χ2v) is 7.08. The number of hydrogen-bond donors (Lipinski definition) is 0. The molecule has 4 rings (SSSR count). The van der Waals surface area contributed by atoms with Crippen LogP contribution in [0.15, 0.2) is 65.6 Å².